The van der Waals surface area contributed by atoms with E-state index in [2.05, 4.69) is 0 Å². The van der Waals surface area contributed by atoms with Crippen LogP contribution in [-0.4, -0.2) is 57.2 Å². The second-order valence-electron chi connectivity index (χ2n) is 8.04. The molecule has 0 radical (unpaired) electrons. The topological polar surface area (TPSA) is 114 Å². The molecule has 0 bridgehead atoms. The van der Waals surface area contributed by atoms with Gasteiger partial charge in [-0.15, -0.1) is 0 Å². The van der Waals surface area contributed by atoms with Crippen molar-refractivity contribution < 1.29 is 25.2 Å². The highest BCUT2D eigenvalue weighted by molar-refractivity contribution is 6.31. The lowest BCUT2D eigenvalue weighted by Gasteiger charge is -2.40. The molecule has 5 N–H and O–H groups in total. The molecular formula is C23H28ClNO5. The van der Waals surface area contributed by atoms with Crippen molar-refractivity contribution in [1.82, 2.24) is 0 Å². The van der Waals surface area contributed by atoms with E-state index in [1.54, 1.807) is 18.2 Å². The maximum absolute atomic E-state index is 10.4. The van der Waals surface area contributed by atoms with Crippen molar-refractivity contribution in [3.05, 3.63) is 69.7 Å². The Morgan fingerprint density at radius 1 is 1.03 bits per heavy atom. The quantitative estimate of drug-likeness (QED) is 0.449. The second-order valence-corrected chi connectivity index (χ2v) is 8.45. The van der Waals surface area contributed by atoms with Crippen LogP contribution in [0.3, 0.4) is 0 Å². The van der Waals surface area contributed by atoms with Gasteiger partial charge in [-0.05, 0) is 40.7 Å². The van der Waals surface area contributed by atoms with Crippen LogP contribution in [0.4, 0.5) is 0 Å². The lowest BCUT2D eigenvalue weighted by Crippen LogP contribution is -2.55. The SMILES string of the molecule is CC(C)C(=N)c1ccc(Cc2cc([C@@H]3O[C@H](CO)[C@@H](O)[C@H](O)[C@H]3O)ccc2Cl)cc1. The summed E-state index contributed by atoms with van der Waals surface area (Å²) in [6, 6.07) is 13.0. The van der Waals surface area contributed by atoms with E-state index in [0.29, 0.717) is 22.7 Å². The molecule has 6 nitrogen and oxygen atoms in total. The summed E-state index contributed by atoms with van der Waals surface area (Å²) in [5.74, 6) is 0.153. The van der Waals surface area contributed by atoms with E-state index in [0.717, 1.165) is 16.7 Å². The number of hydrogen-bond donors (Lipinski definition) is 5. The predicted molar refractivity (Wildman–Crippen MR) is 115 cm³/mol. The van der Waals surface area contributed by atoms with Gasteiger partial charge in [0.2, 0.25) is 0 Å². The Morgan fingerprint density at radius 2 is 1.70 bits per heavy atom. The maximum atomic E-state index is 10.4. The van der Waals surface area contributed by atoms with Gasteiger partial charge in [0.15, 0.2) is 0 Å². The number of aliphatic hydroxyl groups excluding tert-OH is 4. The lowest BCUT2D eigenvalue weighted by atomic mass is 9.90. The fourth-order valence-corrected chi connectivity index (χ4v) is 3.82. The Balaban J connectivity index is 1.82. The predicted octanol–water partition coefficient (Wildman–Crippen LogP) is 2.47. The number of nitrogens with one attached hydrogen (secondary N) is 1. The molecule has 1 fully saturated rings. The zero-order valence-electron chi connectivity index (χ0n) is 17.0. The summed E-state index contributed by atoms with van der Waals surface area (Å²) in [4.78, 5) is 0. The Hall–Kier alpha value is -1.80. The first kappa shape index (κ1) is 22.9. The number of halogens is 1. The molecule has 1 aliphatic rings. The molecule has 0 amide bonds. The molecule has 0 aliphatic carbocycles. The van der Waals surface area contributed by atoms with Crippen LogP contribution in [0.5, 0.6) is 0 Å². The molecule has 0 aromatic heterocycles. The molecule has 1 heterocycles. The third-order valence-corrected chi connectivity index (χ3v) is 5.90. The Morgan fingerprint density at radius 3 is 2.30 bits per heavy atom. The van der Waals surface area contributed by atoms with E-state index in [1.807, 2.05) is 38.1 Å². The fraction of sp³-hybridized carbons (Fsp3) is 0.435. The molecule has 2 aromatic rings. The van der Waals surface area contributed by atoms with Crippen molar-refractivity contribution >= 4 is 17.3 Å². The van der Waals surface area contributed by atoms with Crippen molar-refractivity contribution in [1.29, 1.82) is 5.41 Å². The zero-order valence-corrected chi connectivity index (χ0v) is 17.8. The van der Waals surface area contributed by atoms with Gasteiger partial charge in [-0.1, -0.05) is 61.8 Å². The minimum atomic E-state index is -1.43. The third-order valence-electron chi connectivity index (χ3n) is 5.53. The van der Waals surface area contributed by atoms with Gasteiger partial charge >= 0.3 is 0 Å². The van der Waals surface area contributed by atoms with Crippen LogP contribution in [0.2, 0.25) is 5.02 Å². The summed E-state index contributed by atoms with van der Waals surface area (Å²) >= 11 is 6.39. The Labute approximate surface area is 181 Å². The molecule has 30 heavy (non-hydrogen) atoms. The van der Waals surface area contributed by atoms with Crippen molar-refractivity contribution in [2.45, 2.75) is 50.8 Å². The van der Waals surface area contributed by atoms with Crippen molar-refractivity contribution in [2.75, 3.05) is 6.61 Å². The lowest BCUT2D eigenvalue weighted by molar-refractivity contribution is -0.231. The molecule has 0 unspecified atom stereocenters. The van der Waals surface area contributed by atoms with Gasteiger partial charge < -0.3 is 30.6 Å². The van der Waals surface area contributed by atoms with Gasteiger partial charge in [0.1, 0.15) is 30.5 Å². The van der Waals surface area contributed by atoms with E-state index in [1.165, 1.54) is 0 Å². The monoisotopic (exact) mass is 433 g/mol. The summed E-state index contributed by atoms with van der Waals surface area (Å²) in [6.45, 7) is 3.50. The molecule has 1 saturated heterocycles. The van der Waals surface area contributed by atoms with Gasteiger partial charge in [-0.25, -0.2) is 0 Å². The van der Waals surface area contributed by atoms with E-state index in [4.69, 9.17) is 21.7 Å². The number of benzene rings is 2. The highest BCUT2D eigenvalue weighted by atomic mass is 35.5. The van der Waals surface area contributed by atoms with Crippen LogP contribution in [0, 0.1) is 11.3 Å². The van der Waals surface area contributed by atoms with Crippen LogP contribution in [0.1, 0.15) is 42.2 Å². The van der Waals surface area contributed by atoms with Gasteiger partial charge in [0, 0.05) is 10.7 Å². The van der Waals surface area contributed by atoms with E-state index in [-0.39, 0.29) is 5.92 Å². The first-order chi connectivity index (χ1) is 14.2. The van der Waals surface area contributed by atoms with Crippen molar-refractivity contribution in [3.8, 4) is 0 Å². The Bertz CT molecular complexity index is 884. The highest BCUT2D eigenvalue weighted by Crippen LogP contribution is 2.34. The molecule has 0 spiro atoms. The minimum absolute atomic E-state index is 0.153. The average molecular weight is 434 g/mol. The smallest absolute Gasteiger partial charge is 0.113 e. The molecule has 5 atom stereocenters. The van der Waals surface area contributed by atoms with E-state index < -0.39 is 37.1 Å². The molecule has 0 saturated carbocycles. The minimum Gasteiger partial charge on any atom is -0.394 e. The number of rotatable bonds is 6. The molecule has 162 valence electrons. The molecular weight excluding hydrogens is 406 g/mol. The normalized spacial score (nSPS) is 26.7. The van der Waals surface area contributed by atoms with Gasteiger partial charge in [-0.3, -0.25) is 0 Å². The standard InChI is InChI=1S/C23H28ClNO5/c1-12(2)19(25)14-5-3-13(4-6-14)9-16-10-15(7-8-17(16)24)23-22(29)21(28)20(27)18(11-26)30-23/h3-8,10,12,18,20-23,25-29H,9,11H2,1-2H3/t18-,20-,21+,22-,23+/m1/s1. The number of aliphatic hydroxyl groups is 4. The number of hydrogen-bond acceptors (Lipinski definition) is 6. The summed E-state index contributed by atoms with van der Waals surface area (Å²) in [6.07, 6.45) is -5.47. The summed E-state index contributed by atoms with van der Waals surface area (Å²) in [7, 11) is 0. The summed E-state index contributed by atoms with van der Waals surface area (Å²) in [5.41, 5.74) is 3.91. The van der Waals surface area contributed by atoms with Gasteiger partial charge in [0.25, 0.3) is 0 Å². The van der Waals surface area contributed by atoms with E-state index in [9.17, 15) is 20.4 Å². The summed E-state index contributed by atoms with van der Waals surface area (Å²) < 4.78 is 5.65. The van der Waals surface area contributed by atoms with Crippen LogP contribution >= 0.6 is 11.6 Å². The van der Waals surface area contributed by atoms with Crippen LogP contribution in [0.15, 0.2) is 42.5 Å². The first-order valence-electron chi connectivity index (χ1n) is 9.99. The van der Waals surface area contributed by atoms with Gasteiger partial charge in [-0.2, -0.15) is 0 Å². The number of ether oxygens (including phenoxy) is 1. The largest absolute Gasteiger partial charge is 0.394 e. The van der Waals surface area contributed by atoms with Crippen LogP contribution < -0.4 is 0 Å². The molecule has 3 rings (SSSR count). The average Bonchev–Trinajstić information content (AvgIpc) is 2.74. The van der Waals surface area contributed by atoms with E-state index >= 15 is 0 Å². The second kappa shape index (κ2) is 9.56. The third kappa shape index (κ3) is 4.75. The maximum Gasteiger partial charge on any atom is 0.113 e. The van der Waals surface area contributed by atoms with Gasteiger partial charge in [0.05, 0.1) is 6.61 Å². The first-order valence-corrected chi connectivity index (χ1v) is 10.4. The highest BCUT2D eigenvalue weighted by Gasteiger charge is 2.44. The molecule has 2 aromatic carbocycles. The van der Waals surface area contributed by atoms with Crippen molar-refractivity contribution in [2.24, 2.45) is 5.92 Å². The van der Waals surface area contributed by atoms with Crippen LogP contribution in [0.25, 0.3) is 0 Å². The molecule has 7 heteroatoms. The summed E-state index contributed by atoms with van der Waals surface area (Å²) in [5, 5.41) is 48.5. The fourth-order valence-electron chi connectivity index (χ4n) is 3.64. The Kier molecular flexibility index (Phi) is 7.29. The molecule has 1 aliphatic heterocycles. The van der Waals surface area contributed by atoms with Crippen LogP contribution in [-0.2, 0) is 11.2 Å². The van der Waals surface area contributed by atoms with Crippen molar-refractivity contribution in [3.63, 3.8) is 0 Å². The zero-order chi connectivity index (χ0) is 22.0.